The van der Waals surface area contributed by atoms with Crippen LogP contribution in [-0.4, -0.2) is 28.2 Å². The van der Waals surface area contributed by atoms with Gasteiger partial charge < -0.3 is 5.32 Å². The van der Waals surface area contributed by atoms with Crippen LogP contribution in [0, 0.1) is 11.6 Å². The van der Waals surface area contributed by atoms with Gasteiger partial charge in [-0.2, -0.15) is 0 Å². The molecule has 0 aliphatic rings. The summed E-state index contributed by atoms with van der Waals surface area (Å²) in [5.74, 6) is -1.42. The molecule has 0 aliphatic carbocycles. The van der Waals surface area contributed by atoms with E-state index >= 15 is 0 Å². The van der Waals surface area contributed by atoms with Crippen molar-refractivity contribution in [1.82, 2.24) is 5.32 Å². The molecule has 1 amide bonds. The maximum Gasteiger partial charge on any atom is 0.232 e. The second-order valence-electron chi connectivity index (χ2n) is 4.12. The number of nitrogens with one attached hydrogen (secondary N) is 1. The Balaban J connectivity index is 2.37. The van der Waals surface area contributed by atoms with Crippen molar-refractivity contribution in [2.45, 2.75) is 13.3 Å². The molecule has 1 N–H and O–H groups in total. The van der Waals surface area contributed by atoms with E-state index in [1.165, 1.54) is 18.2 Å². The van der Waals surface area contributed by atoms with Crippen LogP contribution < -0.4 is 5.32 Å². The van der Waals surface area contributed by atoms with Gasteiger partial charge in [0.2, 0.25) is 5.91 Å². The first kappa shape index (κ1) is 16.5. The summed E-state index contributed by atoms with van der Waals surface area (Å²) in [7, 11) is -1.25. The number of carbonyl (C=O) groups excluding carboxylic acids is 1. The van der Waals surface area contributed by atoms with Gasteiger partial charge in [0.05, 0.1) is 0 Å². The highest BCUT2D eigenvalue weighted by molar-refractivity contribution is 7.85. The number of halogens is 2. The smallest absolute Gasteiger partial charge is 0.232 e. The van der Waals surface area contributed by atoms with Gasteiger partial charge in [0.25, 0.3) is 0 Å². The molecule has 0 heterocycles. The SMILES string of the molecule is C/C=C/CS(=O)CC(=O)NCCc1c(F)cccc1F. The fraction of sp³-hybridized carbons (Fsp3) is 0.357. The van der Waals surface area contributed by atoms with Crippen LogP contribution in [-0.2, 0) is 22.0 Å². The number of rotatable bonds is 7. The third kappa shape index (κ3) is 5.61. The van der Waals surface area contributed by atoms with Crippen molar-refractivity contribution < 1.29 is 17.8 Å². The molecule has 0 saturated heterocycles. The Morgan fingerprint density at radius 1 is 1.35 bits per heavy atom. The van der Waals surface area contributed by atoms with Gasteiger partial charge >= 0.3 is 0 Å². The van der Waals surface area contributed by atoms with Gasteiger partial charge in [0, 0.05) is 28.7 Å². The molecule has 1 aromatic rings. The molecule has 1 unspecified atom stereocenters. The summed E-state index contributed by atoms with van der Waals surface area (Å²) >= 11 is 0. The Morgan fingerprint density at radius 3 is 2.60 bits per heavy atom. The fourth-order valence-electron chi connectivity index (χ4n) is 1.56. The van der Waals surface area contributed by atoms with Crippen LogP contribution in [0.3, 0.4) is 0 Å². The molecule has 1 atom stereocenters. The third-order valence-electron chi connectivity index (χ3n) is 2.57. The summed E-state index contributed by atoms with van der Waals surface area (Å²) in [5.41, 5.74) is -0.0529. The van der Waals surface area contributed by atoms with Crippen molar-refractivity contribution in [3.63, 3.8) is 0 Å². The monoisotopic (exact) mass is 301 g/mol. The summed E-state index contributed by atoms with van der Waals surface area (Å²) in [4.78, 5) is 11.5. The molecule has 6 heteroatoms. The molecule has 3 nitrogen and oxygen atoms in total. The van der Waals surface area contributed by atoms with Crippen LogP contribution in [0.5, 0.6) is 0 Å². The van der Waals surface area contributed by atoms with E-state index < -0.39 is 22.4 Å². The predicted octanol–water partition coefficient (Wildman–Crippen LogP) is 1.95. The van der Waals surface area contributed by atoms with Crippen molar-refractivity contribution in [2.75, 3.05) is 18.1 Å². The average Bonchev–Trinajstić information content (AvgIpc) is 2.39. The van der Waals surface area contributed by atoms with Gasteiger partial charge in [0.15, 0.2) is 0 Å². The number of amides is 1. The minimum absolute atomic E-state index is 0.0529. The van der Waals surface area contributed by atoms with Crippen molar-refractivity contribution in [3.05, 3.63) is 47.5 Å². The Labute approximate surface area is 119 Å². The molecule has 0 spiro atoms. The first-order valence-corrected chi connectivity index (χ1v) is 7.69. The highest BCUT2D eigenvalue weighted by atomic mass is 32.2. The van der Waals surface area contributed by atoms with Crippen LogP contribution in [0.25, 0.3) is 0 Å². The molecular weight excluding hydrogens is 284 g/mol. The second kappa shape index (κ2) is 8.58. The first-order valence-electron chi connectivity index (χ1n) is 6.20. The van der Waals surface area contributed by atoms with Crippen molar-refractivity contribution >= 4 is 16.7 Å². The van der Waals surface area contributed by atoms with E-state index in [4.69, 9.17) is 0 Å². The summed E-state index contributed by atoms with van der Waals surface area (Å²) in [6, 6.07) is 3.63. The Kier molecular flexibility index (Phi) is 7.08. The van der Waals surface area contributed by atoms with Gasteiger partial charge in [-0.05, 0) is 25.5 Å². The van der Waals surface area contributed by atoms with Crippen LogP contribution in [0.2, 0.25) is 0 Å². The third-order valence-corrected chi connectivity index (χ3v) is 3.72. The van der Waals surface area contributed by atoms with E-state index in [1.807, 2.05) is 0 Å². The van der Waals surface area contributed by atoms with Gasteiger partial charge in [0.1, 0.15) is 17.4 Å². The van der Waals surface area contributed by atoms with Crippen molar-refractivity contribution in [1.29, 1.82) is 0 Å². The Hall–Kier alpha value is -1.56. The second-order valence-corrected chi connectivity index (χ2v) is 5.62. The maximum atomic E-state index is 13.3. The molecule has 0 saturated carbocycles. The molecule has 1 rings (SSSR count). The molecule has 0 aliphatic heterocycles. The molecule has 20 heavy (non-hydrogen) atoms. The summed E-state index contributed by atoms with van der Waals surface area (Å²) in [6.07, 6.45) is 3.54. The number of hydrogen-bond acceptors (Lipinski definition) is 2. The van der Waals surface area contributed by atoms with E-state index in [2.05, 4.69) is 5.32 Å². The number of allylic oxidation sites excluding steroid dienone is 1. The Morgan fingerprint density at radius 2 is 2.00 bits per heavy atom. The largest absolute Gasteiger partial charge is 0.355 e. The first-order chi connectivity index (χ1) is 9.54. The predicted molar refractivity (Wildman–Crippen MR) is 75.8 cm³/mol. The van der Waals surface area contributed by atoms with Crippen molar-refractivity contribution in [2.24, 2.45) is 0 Å². The highest BCUT2D eigenvalue weighted by Gasteiger charge is 2.10. The zero-order chi connectivity index (χ0) is 15.0. The van der Waals surface area contributed by atoms with E-state index in [0.717, 1.165) is 0 Å². The molecule has 0 bridgehead atoms. The van der Waals surface area contributed by atoms with Gasteiger partial charge in [-0.3, -0.25) is 9.00 Å². The lowest BCUT2D eigenvalue weighted by atomic mass is 10.1. The van der Waals surface area contributed by atoms with E-state index in [1.54, 1.807) is 19.1 Å². The summed E-state index contributed by atoms with van der Waals surface area (Å²) in [5, 5.41) is 2.50. The zero-order valence-corrected chi connectivity index (χ0v) is 12.0. The standard InChI is InChI=1S/C14H17F2NO2S/c1-2-3-9-20(19)10-14(18)17-8-7-11-12(15)5-4-6-13(11)16/h2-6H,7-10H2,1H3,(H,17,18)/b3-2+. The fourth-order valence-corrected chi connectivity index (χ4v) is 2.48. The van der Waals surface area contributed by atoms with Gasteiger partial charge in [-0.15, -0.1) is 0 Å². The molecule has 0 radical (unpaired) electrons. The lowest BCUT2D eigenvalue weighted by molar-refractivity contribution is -0.118. The number of carbonyl (C=O) groups is 1. The van der Waals surface area contributed by atoms with Crippen LogP contribution in [0.4, 0.5) is 8.78 Å². The van der Waals surface area contributed by atoms with Crippen LogP contribution in [0.1, 0.15) is 12.5 Å². The number of hydrogen-bond donors (Lipinski definition) is 1. The molecule has 0 aromatic heterocycles. The van der Waals surface area contributed by atoms with Crippen LogP contribution in [0.15, 0.2) is 30.4 Å². The lowest BCUT2D eigenvalue weighted by Gasteiger charge is -2.06. The lowest BCUT2D eigenvalue weighted by Crippen LogP contribution is -2.30. The maximum absolute atomic E-state index is 13.3. The minimum Gasteiger partial charge on any atom is -0.355 e. The summed E-state index contributed by atoms with van der Waals surface area (Å²) < 4.78 is 38.1. The molecule has 110 valence electrons. The Bertz CT molecular complexity index is 498. The molecule has 1 aromatic carbocycles. The zero-order valence-electron chi connectivity index (χ0n) is 11.2. The van der Waals surface area contributed by atoms with Crippen LogP contribution >= 0.6 is 0 Å². The van der Waals surface area contributed by atoms with Gasteiger partial charge in [-0.25, -0.2) is 8.78 Å². The van der Waals surface area contributed by atoms with E-state index in [9.17, 15) is 17.8 Å². The normalized spacial score (nSPS) is 12.6. The summed E-state index contributed by atoms with van der Waals surface area (Å²) in [6.45, 7) is 1.91. The molecule has 0 fully saturated rings. The van der Waals surface area contributed by atoms with E-state index in [-0.39, 0.29) is 30.2 Å². The topological polar surface area (TPSA) is 46.2 Å². The molecular formula is C14H17F2NO2S. The van der Waals surface area contributed by atoms with Gasteiger partial charge in [-0.1, -0.05) is 18.2 Å². The minimum atomic E-state index is -1.25. The van der Waals surface area contributed by atoms with Crippen molar-refractivity contribution in [3.8, 4) is 0 Å². The van der Waals surface area contributed by atoms with E-state index in [0.29, 0.717) is 5.75 Å². The number of benzene rings is 1. The average molecular weight is 301 g/mol. The quantitative estimate of drug-likeness (QED) is 0.783. The highest BCUT2D eigenvalue weighted by Crippen LogP contribution is 2.11.